The molecule has 0 fully saturated rings. The molecule has 0 aliphatic rings. The minimum Gasteiger partial charge on any atom is -0.542 e. The second kappa shape index (κ2) is 4.12. The first kappa shape index (κ1) is 11.0. The van der Waals surface area contributed by atoms with Crippen molar-refractivity contribution in [1.82, 2.24) is 0 Å². The summed E-state index contributed by atoms with van der Waals surface area (Å²) in [7, 11) is 0. The van der Waals surface area contributed by atoms with E-state index in [4.69, 9.17) is 0 Å². The van der Waals surface area contributed by atoms with E-state index in [0.29, 0.717) is 0 Å². The van der Waals surface area contributed by atoms with Gasteiger partial charge in [-0.15, -0.1) is 0 Å². The third-order valence-corrected chi connectivity index (χ3v) is 1.01. The van der Waals surface area contributed by atoms with Crippen molar-refractivity contribution in [3.05, 3.63) is 23.7 Å². The van der Waals surface area contributed by atoms with Gasteiger partial charge in [-0.3, -0.25) is 0 Å². The van der Waals surface area contributed by atoms with Crippen LogP contribution in [0.25, 0.3) is 0 Å². The van der Waals surface area contributed by atoms with Crippen molar-refractivity contribution in [2.24, 2.45) is 0 Å². The molecule has 0 radical (unpaired) electrons. The summed E-state index contributed by atoms with van der Waals surface area (Å²) in [5, 5.41) is 20.0. The second-order valence-electron chi connectivity index (χ2n) is 1.74. The minimum atomic E-state index is -1.56. The monoisotopic (exact) mass is 178 g/mol. The zero-order valence-electron chi connectivity index (χ0n) is 5.90. The van der Waals surface area contributed by atoms with Gasteiger partial charge in [0.15, 0.2) is 0 Å². The largest absolute Gasteiger partial charge is 2.00 e. The van der Waals surface area contributed by atoms with Crippen LogP contribution in [0.4, 0.5) is 0 Å². The van der Waals surface area contributed by atoms with Crippen LogP contribution in [0, 0.1) is 0 Å². The molecule has 0 atom stereocenters. The zero-order chi connectivity index (χ0) is 8.43. The Morgan fingerprint density at radius 3 is 1.58 bits per heavy atom. The van der Waals surface area contributed by atoms with Crippen LogP contribution in [-0.2, 0) is 0 Å². The summed E-state index contributed by atoms with van der Waals surface area (Å²) in [5.74, 6) is -4.16. The molecule has 0 spiro atoms. The first-order valence-corrected chi connectivity index (χ1v) is 2.64. The summed E-state index contributed by atoms with van der Waals surface area (Å²) < 4.78 is 4.28. The van der Waals surface area contributed by atoms with Crippen molar-refractivity contribution in [2.75, 3.05) is 0 Å². The molecule has 0 aromatic carbocycles. The molecule has 5 nitrogen and oxygen atoms in total. The third-order valence-electron chi connectivity index (χ3n) is 1.01. The Kier molecular flexibility index (Phi) is 3.77. The van der Waals surface area contributed by atoms with E-state index < -0.39 is 23.5 Å². The van der Waals surface area contributed by atoms with Crippen molar-refractivity contribution in [2.45, 2.75) is 0 Å². The van der Waals surface area contributed by atoms with E-state index in [9.17, 15) is 19.8 Å². The van der Waals surface area contributed by atoms with Crippen LogP contribution >= 0.6 is 0 Å². The van der Waals surface area contributed by atoms with Gasteiger partial charge in [0, 0.05) is 0 Å². The number of carbonyl (C=O) groups is 2. The van der Waals surface area contributed by atoms with E-state index in [1.54, 1.807) is 0 Å². The molecule has 0 saturated heterocycles. The van der Waals surface area contributed by atoms with E-state index in [0.717, 1.165) is 12.1 Å². The van der Waals surface area contributed by atoms with Gasteiger partial charge in [0.05, 0.1) is 0 Å². The SMILES string of the molecule is O=C([O-])c1ccc(C(=O)[O-])o1.[Mg+2]. The van der Waals surface area contributed by atoms with Crippen LogP contribution in [0.5, 0.6) is 0 Å². The molecule has 0 amide bonds. The van der Waals surface area contributed by atoms with Crippen LogP contribution in [0.3, 0.4) is 0 Å². The summed E-state index contributed by atoms with van der Waals surface area (Å²) in [4.78, 5) is 20.0. The second-order valence-corrected chi connectivity index (χ2v) is 1.74. The third kappa shape index (κ3) is 2.24. The summed E-state index contributed by atoms with van der Waals surface area (Å²) in [5.41, 5.74) is 0. The number of furan rings is 1. The van der Waals surface area contributed by atoms with Gasteiger partial charge in [-0.2, -0.15) is 0 Å². The van der Waals surface area contributed by atoms with Gasteiger partial charge in [-0.1, -0.05) is 0 Å². The van der Waals surface area contributed by atoms with Gasteiger partial charge in [0.2, 0.25) is 0 Å². The quantitative estimate of drug-likeness (QED) is 0.472. The standard InChI is InChI=1S/C6H4O5.Mg/c7-5(8)3-1-2-4(11-3)6(9)10;/h1-2H,(H,7,8)(H,9,10);/q;+2/p-2. The number of aromatic carboxylic acids is 2. The number of rotatable bonds is 2. The normalized spacial score (nSPS) is 8.67. The Morgan fingerprint density at radius 1 is 1.08 bits per heavy atom. The van der Waals surface area contributed by atoms with Gasteiger partial charge < -0.3 is 24.2 Å². The summed E-state index contributed by atoms with van der Waals surface area (Å²) in [6.45, 7) is 0. The Hall–Kier alpha value is -1.01. The maximum atomic E-state index is 10.0. The predicted molar refractivity (Wildman–Crippen MR) is 33.1 cm³/mol. The van der Waals surface area contributed by atoms with Gasteiger partial charge >= 0.3 is 23.1 Å². The topological polar surface area (TPSA) is 93.4 Å². The molecule has 0 aliphatic heterocycles. The average Bonchev–Trinajstić information content (AvgIpc) is 2.33. The Balaban J connectivity index is 0.00000121. The van der Waals surface area contributed by atoms with Crippen molar-refractivity contribution < 1.29 is 24.2 Å². The molecule has 12 heavy (non-hydrogen) atoms. The molecular formula is C6H2MgO5. The van der Waals surface area contributed by atoms with E-state index in [2.05, 4.69) is 4.42 Å². The smallest absolute Gasteiger partial charge is 0.542 e. The molecule has 1 aromatic heterocycles. The zero-order valence-corrected chi connectivity index (χ0v) is 7.32. The summed E-state index contributed by atoms with van der Waals surface area (Å²) >= 11 is 0. The summed E-state index contributed by atoms with van der Waals surface area (Å²) in [6, 6.07) is 1.97. The van der Waals surface area contributed by atoms with Gasteiger partial charge in [-0.25, -0.2) is 0 Å². The van der Waals surface area contributed by atoms with Crippen LogP contribution in [0.2, 0.25) is 0 Å². The average molecular weight is 178 g/mol. The predicted octanol–water partition coefficient (Wildman–Crippen LogP) is -2.37. The van der Waals surface area contributed by atoms with Crippen LogP contribution in [0.15, 0.2) is 16.5 Å². The van der Waals surface area contributed by atoms with E-state index in [-0.39, 0.29) is 23.1 Å². The Labute approximate surface area is 83.1 Å². The first-order valence-electron chi connectivity index (χ1n) is 2.64. The maximum absolute atomic E-state index is 10.0. The molecule has 0 bridgehead atoms. The van der Waals surface area contributed by atoms with Crippen LogP contribution < -0.4 is 10.2 Å². The van der Waals surface area contributed by atoms with Gasteiger partial charge in [0.1, 0.15) is 23.5 Å². The van der Waals surface area contributed by atoms with E-state index >= 15 is 0 Å². The first-order chi connectivity index (χ1) is 5.11. The molecule has 0 saturated carbocycles. The van der Waals surface area contributed by atoms with Crippen molar-refractivity contribution in [3.8, 4) is 0 Å². The molecule has 6 heteroatoms. The van der Waals surface area contributed by atoms with Crippen molar-refractivity contribution in [3.63, 3.8) is 0 Å². The number of carboxylic acid groups (broad SMARTS) is 2. The number of hydrogen-bond donors (Lipinski definition) is 0. The number of carbonyl (C=O) groups excluding carboxylic acids is 2. The molecule has 0 unspecified atom stereocenters. The fraction of sp³-hybridized carbons (Fsp3) is 0. The molecule has 1 heterocycles. The van der Waals surface area contributed by atoms with Crippen molar-refractivity contribution in [1.29, 1.82) is 0 Å². The molecule has 1 rings (SSSR count). The van der Waals surface area contributed by atoms with Crippen LogP contribution in [-0.4, -0.2) is 35.0 Å². The molecule has 1 aromatic rings. The molecule has 0 aliphatic carbocycles. The number of hydrogen-bond acceptors (Lipinski definition) is 5. The van der Waals surface area contributed by atoms with Crippen molar-refractivity contribution >= 4 is 35.0 Å². The van der Waals surface area contributed by atoms with Gasteiger partial charge in [-0.05, 0) is 12.1 Å². The maximum Gasteiger partial charge on any atom is 2.00 e. The van der Waals surface area contributed by atoms with Crippen LogP contribution in [0.1, 0.15) is 21.1 Å². The minimum absolute atomic E-state index is 0. The fourth-order valence-corrected chi connectivity index (χ4v) is 0.557. The number of carboxylic acids is 2. The van der Waals surface area contributed by atoms with E-state index in [1.807, 2.05) is 0 Å². The summed E-state index contributed by atoms with van der Waals surface area (Å²) in [6.07, 6.45) is 0. The fourth-order valence-electron chi connectivity index (χ4n) is 0.557. The molecule has 58 valence electrons. The Bertz CT molecular complexity index is 274. The molecule has 0 N–H and O–H groups in total. The molecular weight excluding hydrogens is 176 g/mol. The van der Waals surface area contributed by atoms with E-state index in [1.165, 1.54) is 0 Å². The van der Waals surface area contributed by atoms with Gasteiger partial charge in [0.25, 0.3) is 0 Å². The Morgan fingerprint density at radius 2 is 1.42 bits per heavy atom.